The number of nitrogens with zero attached hydrogens (tertiary/aromatic N) is 1. The van der Waals surface area contributed by atoms with Crippen LogP contribution in [0.1, 0.15) is 5.56 Å². The lowest BCUT2D eigenvalue weighted by Crippen LogP contribution is -2.34. The lowest BCUT2D eigenvalue weighted by atomic mass is 10.00. The third kappa shape index (κ3) is 2.18. The van der Waals surface area contributed by atoms with Crippen LogP contribution in [0.15, 0.2) is 67.2 Å². The van der Waals surface area contributed by atoms with Crippen LogP contribution in [0.4, 0.5) is 10.5 Å². The van der Waals surface area contributed by atoms with E-state index in [-0.39, 0.29) is 12.1 Å². The second kappa shape index (κ2) is 5.21. The van der Waals surface area contributed by atoms with E-state index >= 15 is 0 Å². The zero-order valence-corrected chi connectivity index (χ0v) is 11.0. The summed E-state index contributed by atoms with van der Waals surface area (Å²) < 4.78 is 5.20. The molecule has 1 saturated heterocycles. The number of para-hydroxylation sites is 1. The summed E-state index contributed by atoms with van der Waals surface area (Å²) in [4.78, 5) is 13.6. The third-order valence-electron chi connectivity index (χ3n) is 3.45. The largest absolute Gasteiger partial charge is 0.447 e. The van der Waals surface area contributed by atoms with Gasteiger partial charge in [-0.3, -0.25) is 4.90 Å². The number of hydrogen-bond acceptors (Lipinski definition) is 2. The quantitative estimate of drug-likeness (QED) is 0.846. The Hall–Kier alpha value is -2.55. The van der Waals surface area contributed by atoms with Gasteiger partial charge >= 0.3 is 6.09 Å². The van der Waals surface area contributed by atoms with Gasteiger partial charge in [0.25, 0.3) is 0 Å². The van der Waals surface area contributed by atoms with Crippen molar-refractivity contribution in [2.24, 2.45) is 0 Å². The van der Waals surface area contributed by atoms with E-state index in [1.165, 1.54) is 0 Å². The number of carbonyl (C=O) groups excluding carboxylic acids is 1. The summed E-state index contributed by atoms with van der Waals surface area (Å²) in [5.74, 6) is 0. The maximum absolute atomic E-state index is 12.0. The zero-order valence-electron chi connectivity index (χ0n) is 11.0. The van der Waals surface area contributed by atoms with Crippen molar-refractivity contribution >= 4 is 17.4 Å². The number of carbonyl (C=O) groups is 1. The molecule has 0 spiro atoms. The molecule has 1 unspecified atom stereocenters. The minimum atomic E-state index is -0.321. The average molecular weight is 265 g/mol. The Bertz CT molecular complexity index is 622. The molecule has 0 aromatic heterocycles. The Kier molecular flexibility index (Phi) is 3.25. The van der Waals surface area contributed by atoms with Gasteiger partial charge in [0.2, 0.25) is 0 Å². The van der Waals surface area contributed by atoms with Crippen LogP contribution in [0.5, 0.6) is 0 Å². The van der Waals surface area contributed by atoms with Crippen LogP contribution in [-0.4, -0.2) is 18.7 Å². The lowest BCUT2D eigenvalue weighted by Gasteiger charge is -2.23. The molecule has 1 heterocycles. The Morgan fingerprint density at radius 1 is 1.05 bits per heavy atom. The summed E-state index contributed by atoms with van der Waals surface area (Å²) >= 11 is 0. The Morgan fingerprint density at radius 3 is 2.30 bits per heavy atom. The molecule has 1 aliphatic rings. The highest BCUT2D eigenvalue weighted by molar-refractivity contribution is 5.94. The van der Waals surface area contributed by atoms with Crippen LogP contribution in [-0.2, 0) is 4.74 Å². The third-order valence-corrected chi connectivity index (χ3v) is 3.45. The van der Waals surface area contributed by atoms with Crippen LogP contribution in [0.3, 0.4) is 0 Å². The van der Waals surface area contributed by atoms with Crippen molar-refractivity contribution in [2.45, 2.75) is 6.04 Å². The Labute approximate surface area is 118 Å². The number of benzene rings is 2. The molecule has 1 amide bonds. The number of amides is 1. The highest BCUT2D eigenvalue weighted by atomic mass is 16.6. The molecule has 20 heavy (non-hydrogen) atoms. The van der Waals surface area contributed by atoms with Crippen LogP contribution < -0.4 is 4.90 Å². The first-order valence-electron chi connectivity index (χ1n) is 6.52. The molecule has 1 aliphatic heterocycles. The van der Waals surface area contributed by atoms with E-state index < -0.39 is 0 Å². The molecule has 2 aromatic rings. The smallest absolute Gasteiger partial charge is 0.415 e. The summed E-state index contributed by atoms with van der Waals surface area (Å²) in [5.41, 5.74) is 2.74. The van der Waals surface area contributed by atoms with Gasteiger partial charge in [0.15, 0.2) is 0 Å². The number of anilines is 1. The molecule has 1 atom stereocenters. The van der Waals surface area contributed by atoms with Crippen molar-refractivity contribution < 1.29 is 9.53 Å². The minimum Gasteiger partial charge on any atom is -0.447 e. The van der Waals surface area contributed by atoms with Gasteiger partial charge in [-0.25, -0.2) is 4.79 Å². The normalized spacial score (nSPS) is 17.9. The molecule has 3 heteroatoms. The van der Waals surface area contributed by atoms with Crippen LogP contribution in [0.2, 0.25) is 0 Å². The van der Waals surface area contributed by atoms with Crippen molar-refractivity contribution in [1.82, 2.24) is 0 Å². The van der Waals surface area contributed by atoms with Gasteiger partial charge in [-0.1, -0.05) is 55.1 Å². The van der Waals surface area contributed by atoms with Gasteiger partial charge in [0.1, 0.15) is 6.61 Å². The number of cyclic esters (lactones) is 1. The number of ether oxygens (including phenoxy) is 1. The monoisotopic (exact) mass is 265 g/mol. The first kappa shape index (κ1) is 12.5. The predicted octanol–water partition coefficient (Wildman–Crippen LogP) is 3.73. The first-order valence-corrected chi connectivity index (χ1v) is 6.52. The topological polar surface area (TPSA) is 29.5 Å². The highest BCUT2D eigenvalue weighted by Crippen LogP contribution is 2.30. The van der Waals surface area contributed by atoms with Gasteiger partial charge in [-0.15, -0.1) is 0 Å². The predicted molar refractivity (Wildman–Crippen MR) is 79.5 cm³/mol. The number of hydrogen-bond donors (Lipinski definition) is 0. The van der Waals surface area contributed by atoms with Crippen molar-refractivity contribution in [2.75, 3.05) is 11.5 Å². The van der Waals surface area contributed by atoms with Crippen LogP contribution >= 0.6 is 0 Å². The average Bonchev–Trinajstić information content (AvgIpc) is 2.90. The highest BCUT2D eigenvalue weighted by Gasteiger charge is 2.36. The van der Waals surface area contributed by atoms with E-state index in [2.05, 4.69) is 6.58 Å². The molecule has 0 N–H and O–H groups in total. The van der Waals surface area contributed by atoms with E-state index in [9.17, 15) is 4.79 Å². The fraction of sp³-hybridized carbons (Fsp3) is 0.118. The zero-order chi connectivity index (χ0) is 13.9. The van der Waals surface area contributed by atoms with Gasteiger partial charge in [0, 0.05) is 5.69 Å². The minimum absolute atomic E-state index is 0.160. The molecule has 0 bridgehead atoms. The van der Waals surface area contributed by atoms with Gasteiger partial charge < -0.3 is 4.74 Å². The molecule has 0 aliphatic carbocycles. The van der Waals surface area contributed by atoms with E-state index in [4.69, 9.17) is 4.74 Å². The number of rotatable bonds is 3. The molecule has 100 valence electrons. The molecular weight excluding hydrogens is 250 g/mol. The summed E-state index contributed by atoms with van der Waals surface area (Å²) in [5, 5.41) is 0. The van der Waals surface area contributed by atoms with Crippen molar-refractivity contribution in [3.63, 3.8) is 0 Å². The summed E-state index contributed by atoms with van der Waals surface area (Å²) in [7, 11) is 0. The molecular formula is C17H15NO2. The first-order chi connectivity index (χ1) is 9.77. The fourth-order valence-corrected chi connectivity index (χ4v) is 2.40. The lowest BCUT2D eigenvalue weighted by molar-refractivity contribution is 0.180. The second-order valence-electron chi connectivity index (χ2n) is 4.69. The van der Waals surface area contributed by atoms with Crippen LogP contribution in [0, 0.1) is 0 Å². The maximum atomic E-state index is 12.0. The van der Waals surface area contributed by atoms with Gasteiger partial charge in [-0.05, 0) is 23.3 Å². The fourth-order valence-electron chi connectivity index (χ4n) is 2.40. The standard InChI is InChI=1S/C17H15NO2/c1-13(14-8-4-2-5-9-14)16-12-20-17(19)18(16)15-10-6-3-7-11-15/h2-11,16H,1,12H2. The van der Waals surface area contributed by atoms with E-state index in [1.54, 1.807) is 4.90 Å². The van der Waals surface area contributed by atoms with E-state index in [0.29, 0.717) is 6.61 Å². The van der Waals surface area contributed by atoms with E-state index in [1.807, 2.05) is 60.7 Å². The summed E-state index contributed by atoms with van der Waals surface area (Å²) in [6.45, 7) is 4.48. The van der Waals surface area contributed by atoms with E-state index in [0.717, 1.165) is 16.8 Å². The molecule has 1 fully saturated rings. The summed E-state index contributed by atoms with van der Waals surface area (Å²) in [6, 6.07) is 19.3. The van der Waals surface area contributed by atoms with Crippen LogP contribution in [0.25, 0.3) is 5.57 Å². The molecule has 2 aromatic carbocycles. The van der Waals surface area contributed by atoms with Crippen molar-refractivity contribution in [1.29, 1.82) is 0 Å². The maximum Gasteiger partial charge on any atom is 0.415 e. The van der Waals surface area contributed by atoms with Crippen molar-refractivity contribution in [3.8, 4) is 0 Å². The van der Waals surface area contributed by atoms with Gasteiger partial charge in [0.05, 0.1) is 6.04 Å². The SMILES string of the molecule is C=C(c1ccccc1)C1COC(=O)N1c1ccccc1. The Morgan fingerprint density at radius 2 is 1.65 bits per heavy atom. The second-order valence-corrected chi connectivity index (χ2v) is 4.69. The molecule has 3 rings (SSSR count). The molecule has 0 radical (unpaired) electrons. The Balaban J connectivity index is 1.93. The van der Waals surface area contributed by atoms with Gasteiger partial charge in [-0.2, -0.15) is 0 Å². The summed E-state index contributed by atoms with van der Waals surface area (Å²) in [6.07, 6.45) is -0.321. The molecule has 3 nitrogen and oxygen atoms in total. The molecule has 0 saturated carbocycles. The van der Waals surface area contributed by atoms with Crippen molar-refractivity contribution in [3.05, 3.63) is 72.8 Å².